The second-order valence-corrected chi connectivity index (χ2v) is 4.68. The minimum atomic E-state index is -4.44. The quantitative estimate of drug-likeness (QED) is 0.784. The number of alkyl halides is 3. The first kappa shape index (κ1) is 14.1. The van der Waals surface area contributed by atoms with Crippen LogP contribution in [-0.4, -0.2) is 20.9 Å². The van der Waals surface area contributed by atoms with Crippen LogP contribution < -0.4 is 0 Å². The Morgan fingerprint density at radius 2 is 1.91 bits per heavy atom. The van der Waals surface area contributed by atoms with Crippen LogP contribution in [0.4, 0.5) is 13.2 Å². The summed E-state index contributed by atoms with van der Waals surface area (Å²) in [4.78, 5) is 10.9. The molecular weight excluding hydrogens is 297 g/mol. The molecule has 0 radical (unpaired) electrons. The molecule has 0 atom stereocenters. The van der Waals surface area contributed by atoms with Crippen molar-refractivity contribution in [1.29, 1.82) is 0 Å². The Hall–Kier alpha value is -2.83. The first-order valence-corrected chi connectivity index (χ1v) is 6.25. The maximum atomic E-state index is 12.8. The molecule has 22 heavy (non-hydrogen) atoms. The standard InChI is InChI=1S/C15H9F3N2O2/c16-15(17,18)11-2-1-3-12(7-11)20-13-5-4-9(14(21)22)6-10(13)8-19-20/h1-8H,(H,21,22). The Morgan fingerprint density at radius 3 is 2.59 bits per heavy atom. The first-order chi connectivity index (χ1) is 10.4. The van der Waals surface area contributed by atoms with Gasteiger partial charge in [0.2, 0.25) is 0 Å². The number of carboxylic acids is 1. The van der Waals surface area contributed by atoms with Gasteiger partial charge in [0.25, 0.3) is 0 Å². The molecule has 7 heteroatoms. The van der Waals surface area contributed by atoms with E-state index >= 15 is 0 Å². The van der Waals surface area contributed by atoms with E-state index in [0.29, 0.717) is 10.9 Å². The summed E-state index contributed by atoms with van der Waals surface area (Å²) in [6, 6.07) is 9.12. The van der Waals surface area contributed by atoms with Crippen molar-refractivity contribution >= 4 is 16.9 Å². The summed E-state index contributed by atoms with van der Waals surface area (Å²) in [5.41, 5.74) is 0.115. The highest BCUT2D eigenvalue weighted by atomic mass is 19.4. The van der Waals surface area contributed by atoms with Gasteiger partial charge in [0.1, 0.15) is 0 Å². The molecule has 2 aromatic carbocycles. The highest BCUT2D eigenvalue weighted by Crippen LogP contribution is 2.31. The summed E-state index contributed by atoms with van der Waals surface area (Å²) in [6.45, 7) is 0. The molecule has 0 saturated heterocycles. The van der Waals surface area contributed by atoms with Crippen LogP contribution in [0.3, 0.4) is 0 Å². The van der Waals surface area contributed by atoms with Gasteiger partial charge in [-0.25, -0.2) is 9.48 Å². The van der Waals surface area contributed by atoms with Crippen molar-refractivity contribution in [3.63, 3.8) is 0 Å². The number of aromatic carboxylic acids is 1. The van der Waals surface area contributed by atoms with E-state index in [9.17, 15) is 18.0 Å². The minimum Gasteiger partial charge on any atom is -0.478 e. The largest absolute Gasteiger partial charge is 0.478 e. The zero-order valence-electron chi connectivity index (χ0n) is 11.0. The van der Waals surface area contributed by atoms with E-state index < -0.39 is 17.7 Å². The predicted octanol–water partition coefficient (Wildman–Crippen LogP) is 3.74. The molecule has 0 bridgehead atoms. The van der Waals surface area contributed by atoms with E-state index in [2.05, 4.69) is 5.10 Å². The van der Waals surface area contributed by atoms with Crippen LogP contribution in [0.1, 0.15) is 15.9 Å². The number of nitrogens with zero attached hydrogens (tertiary/aromatic N) is 2. The number of fused-ring (bicyclic) bond motifs is 1. The van der Waals surface area contributed by atoms with Gasteiger partial charge in [-0.05, 0) is 36.4 Å². The van der Waals surface area contributed by atoms with Crippen LogP contribution in [0, 0.1) is 0 Å². The molecule has 3 aromatic rings. The van der Waals surface area contributed by atoms with E-state index in [0.717, 1.165) is 12.1 Å². The number of halogens is 3. The first-order valence-electron chi connectivity index (χ1n) is 6.25. The molecule has 0 unspecified atom stereocenters. The fourth-order valence-electron chi connectivity index (χ4n) is 2.19. The molecule has 0 aliphatic heterocycles. The Bertz CT molecular complexity index is 869. The van der Waals surface area contributed by atoms with Gasteiger partial charge in [-0.2, -0.15) is 18.3 Å². The van der Waals surface area contributed by atoms with Gasteiger partial charge >= 0.3 is 12.1 Å². The lowest BCUT2D eigenvalue weighted by Crippen LogP contribution is -2.06. The van der Waals surface area contributed by atoms with Crippen molar-refractivity contribution in [2.45, 2.75) is 6.18 Å². The Balaban J connectivity index is 2.13. The number of rotatable bonds is 2. The van der Waals surface area contributed by atoms with Crippen molar-refractivity contribution in [2.24, 2.45) is 0 Å². The van der Waals surface area contributed by atoms with E-state index in [4.69, 9.17) is 5.11 Å². The van der Waals surface area contributed by atoms with Gasteiger partial charge in [-0.15, -0.1) is 0 Å². The number of hydrogen-bond acceptors (Lipinski definition) is 2. The normalized spacial score (nSPS) is 11.8. The summed E-state index contributed by atoms with van der Waals surface area (Å²) in [6.07, 6.45) is -3.02. The van der Waals surface area contributed by atoms with Crippen LogP contribution >= 0.6 is 0 Å². The SMILES string of the molecule is O=C(O)c1ccc2c(cnn2-c2cccc(C(F)(F)F)c2)c1. The molecule has 3 rings (SSSR count). The zero-order chi connectivity index (χ0) is 15.9. The highest BCUT2D eigenvalue weighted by molar-refractivity contribution is 5.93. The maximum Gasteiger partial charge on any atom is 0.416 e. The van der Waals surface area contributed by atoms with Gasteiger partial charge in [0, 0.05) is 5.39 Å². The zero-order valence-corrected chi connectivity index (χ0v) is 11.0. The minimum absolute atomic E-state index is 0.0936. The van der Waals surface area contributed by atoms with Crippen molar-refractivity contribution in [1.82, 2.24) is 9.78 Å². The predicted molar refractivity (Wildman–Crippen MR) is 73.0 cm³/mol. The fraction of sp³-hybridized carbons (Fsp3) is 0.0667. The number of aromatic nitrogens is 2. The number of hydrogen-bond donors (Lipinski definition) is 1. The van der Waals surface area contributed by atoms with E-state index in [1.54, 1.807) is 0 Å². The smallest absolute Gasteiger partial charge is 0.416 e. The summed E-state index contributed by atoms with van der Waals surface area (Å²) < 4.78 is 39.7. The topological polar surface area (TPSA) is 55.1 Å². The summed E-state index contributed by atoms with van der Waals surface area (Å²) in [5, 5.41) is 13.5. The van der Waals surface area contributed by atoms with Gasteiger partial charge in [0.15, 0.2) is 0 Å². The lowest BCUT2D eigenvalue weighted by atomic mass is 10.1. The molecule has 0 aliphatic carbocycles. The van der Waals surface area contributed by atoms with E-state index in [-0.39, 0.29) is 11.3 Å². The second-order valence-electron chi connectivity index (χ2n) is 4.68. The lowest BCUT2D eigenvalue weighted by molar-refractivity contribution is -0.137. The van der Waals surface area contributed by atoms with Crippen LogP contribution in [0.5, 0.6) is 0 Å². The fourth-order valence-corrected chi connectivity index (χ4v) is 2.19. The van der Waals surface area contributed by atoms with Crippen molar-refractivity contribution in [2.75, 3.05) is 0 Å². The number of carbonyl (C=O) groups is 1. The number of benzene rings is 2. The van der Waals surface area contributed by atoms with E-state index in [1.165, 1.54) is 41.2 Å². The molecule has 0 spiro atoms. The Kier molecular flexibility index (Phi) is 3.13. The van der Waals surface area contributed by atoms with Crippen LogP contribution in [0.25, 0.3) is 16.6 Å². The van der Waals surface area contributed by atoms with Gasteiger partial charge in [-0.1, -0.05) is 6.07 Å². The average molecular weight is 306 g/mol. The average Bonchev–Trinajstić information content (AvgIpc) is 2.89. The van der Waals surface area contributed by atoms with Gasteiger partial charge in [-0.3, -0.25) is 0 Å². The third-order valence-electron chi connectivity index (χ3n) is 3.23. The molecule has 0 fully saturated rings. The summed E-state index contributed by atoms with van der Waals surface area (Å²) >= 11 is 0. The molecule has 112 valence electrons. The summed E-state index contributed by atoms with van der Waals surface area (Å²) in [7, 11) is 0. The van der Waals surface area contributed by atoms with Gasteiger partial charge < -0.3 is 5.11 Å². The highest BCUT2D eigenvalue weighted by Gasteiger charge is 2.30. The van der Waals surface area contributed by atoms with Crippen molar-refractivity contribution in [3.05, 3.63) is 59.8 Å². The molecular formula is C15H9F3N2O2. The third kappa shape index (κ3) is 2.41. The van der Waals surface area contributed by atoms with Crippen molar-refractivity contribution < 1.29 is 23.1 Å². The molecule has 0 amide bonds. The van der Waals surface area contributed by atoms with Crippen LogP contribution in [0.2, 0.25) is 0 Å². The summed E-state index contributed by atoms with van der Waals surface area (Å²) in [5.74, 6) is -1.08. The molecule has 1 heterocycles. The molecule has 0 aliphatic rings. The molecule has 0 saturated carbocycles. The Morgan fingerprint density at radius 1 is 1.14 bits per heavy atom. The van der Waals surface area contributed by atoms with Gasteiger partial charge in [0.05, 0.1) is 28.5 Å². The Labute approximate surface area is 122 Å². The monoisotopic (exact) mass is 306 g/mol. The lowest BCUT2D eigenvalue weighted by Gasteiger charge is -2.09. The maximum absolute atomic E-state index is 12.8. The van der Waals surface area contributed by atoms with E-state index in [1.807, 2.05) is 0 Å². The third-order valence-corrected chi connectivity index (χ3v) is 3.23. The second kappa shape index (κ2) is 4.87. The molecule has 1 N–H and O–H groups in total. The number of carboxylic acid groups (broad SMARTS) is 1. The van der Waals surface area contributed by atoms with Crippen LogP contribution in [-0.2, 0) is 6.18 Å². The van der Waals surface area contributed by atoms with Crippen molar-refractivity contribution in [3.8, 4) is 5.69 Å². The van der Waals surface area contributed by atoms with Crippen LogP contribution in [0.15, 0.2) is 48.7 Å². The molecule has 1 aromatic heterocycles. The molecule has 4 nitrogen and oxygen atoms in total.